The van der Waals surface area contributed by atoms with Gasteiger partial charge in [-0.05, 0) is 37.0 Å². The molecule has 0 aliphatic carbocycles. The van der Waals surface area contributed by atoms with Crippen molar-refractivity contribution in [3.05, 3.63) is 42.9 Å². The van der Waals surface area contributed by atoms with E-state index in [1.807, 2.05) is 24.5 Å². The van der Waals surface area contributed by atoms with E-state index in [2.05, 4.69) is 24.7 Å². The van der Waals surface area contributed by atoms with Crippen LogP contribution < -0.4 is 0 Å². The molecule has 2 radical (unpaired) electrons. The number of nitrogens with zero attached hydrogens (tertiary/aromatic N) is 1. The molecule has 0 saturated heterocycles. The van der Waals surface area contributed by atoms with Gasteiger partial charge in [0.1, 0.15) is 0 Å². The molecule has 0 fully saturated rings. The molecule has 1 heterocycles. The molecule has 0 aliphatic rings. The summed E-state index contributed by atoms with van der Waals surface area (Å²) in [6, 6.07) is 4.03. The van der Waals surface area contributed by atoms with E-state index in [1.165, 1.54) is 5.56 Å². The Hall–Kier alpha value is -0.850. The lowest BCUT2D eigenvalue weighted by Gasteiger charge is -1.97. The number of hydrogen-bond acceptors (Lipinski definition) is 1. The van der Waals surface area contributed by atoms with E-state index in [9.17, 15) is 0 Å². The fraction of sp³-hybridized carbons (Fsp3) is 0.300. The summed E-state index contributed by atoms with van der Waals surface area (Å²) in [5.41, 5.74) is 1.25. The molecular weight excluding hydrogens is 134 g/mol. The second-order valence-corrected chi connectivity index (χ2v) is 2.42. The summed E-state index contributed by atoms with van der Waals surface area (Å²) in [4.78, 5) is 3.94. The maximum Gasteiger partial charge on any atom is 0.0270 e. The molecular formula is C10H13N. The van der Waals surface area contributed by atoms with Crippen molar-refractivity contribution in [1.29, 1.82) is 0 Å². The second-order valence-electron chi connectivity index (χ2n) is 2.42. The van der Waals surface area contributed by atoms with Gasteiger partial charge in [-0.25, -0.2) is 0 Å². The molecule has 58 valence electrons. The van der Waals surface area contributed by atoms with Crippen LogP contribution in [-0.2, 0) is 0 Å². The molecule has 0 aromatic carbocycles. The van der Waals surface area contributed by atoms with E-state index in [4.69, 9.17) is 0 Å². The van der Waals surface area contributed by atoms with Crippen LogP contribution in [-0.4, -0.2) is 4.98 Å². The smallest absolute Gasteiger partial charge is 0.0270 e. The summed E-state index contributed by atoms with van der Waals surface area (Å²) >= 11 is 0. The van der Waals surface area contributed by atoms with Crippen molar-refractivity contribution in [3.63, 3.8) is 0 Å². The van der Waals surface area contributed by atoms with Gasteiger partial charge in [-0.3, -0.25) is 4.98 Å². The Morgan fingerprint density at radius 1 is 1.36 bits per heavy atom. The Bertz CT molecular complexity index is 181. The Kier molecular flexibility index (Phi) is 3.67. The van der Waals surface area contributed by atoms with Crippen molar-refractivity contribution >= 4 is 0 Å². The Morgan fingerprint density at radius 2 is 2.09 bits per heavy atom. The lowest BCUT2D eigenvalue weighted by molar-refractivity contribution is 0.990. The summed E-state index contributed by atoms with van der Waals surface area (Å²) in [5.74, 6) is 0. The first kappa shape index (κ1) is 8.25. The predicted molar refractivity (Wildman–Crippen MR) is 46.8 cm³/mol. The van der Waals surface area contributed by atoms with Gasteiger partial charge >= 0.3 is 0 Å². The van der Waals surface area contributed by atoms with Crippen LogP contribution in [0, 0.1) is 12.8 Å². The van der Waals surface area contributed by atoms with Gasteiger partial charge < -0.3 is 0 Å². The summed E-state index contributed by atoms with van der Waals surface area (Å²) in [6.45, 7) is 2.15. The van der Waals surface area contributed by atoms with Crippen LogP contribution in [0.15, 0.2) is 24.5 Å². The predicted octanol–water partition coefficient (Wildman–Crippen LogP) is 2.64. The highest BCUT2D eigenvalue weighted by Gasteiger charge is 1.90. The first-order valence-corrected chi connectivity index (χ1v) is 3.98. The van der Waals surface area contributed by atoms with E-state index in [-0.39, 0.29) is 0 Å². The number of aromatic nitrogens is 1. The van der Waals surface area contributed by atoms with Gasteiger partial charge in [-0.15, -0.1) is 0 Å². The number of pyridine rings is 1. The maximum atomic E-state index is 3.94. The number of unbranched alkanes of at least 4 members (excludes halogenated alkanes) is 2. The van der Waals surface area contributed by atoms with Crippen LogP contribution in [0.25, 0.3) is 0 Å². The highest BCUT2D eigenvalue weighted by molar-refractivity contribution is 5.19. The summed E-state index contributed by atoms with van der Waals surface area (Å²) in [5, 5.41) is 0. The van der Waals surface area contributed by atoms with Crippen LogP contribution in [0.5, 0.6) is 0 Å². The van der Waals surface area contributed by atoms with E-state index < -0.39 is 0 Å². The third kappa shape index (κ3) is 3.17. The topological polar surface area (TPSA) is 12.9 Å². The minimum Gasteiger partial charge on any atom is -0.265 e. The number of hydrogen-bond donors (Lipinski definition) is 0. The summed E-state index contributed by atoms with van der Waals surface area (Å²) in [7, 11) is 0. The fourth-order valence-electron chi connectivity index (χ4n) is 0.886. The van der Waals surface area contributed by atoms with Gasteiger partial charge in [0.25, 0.3) is 0 Å². The molecule has 0 spiro atoms. The molecule has 0 aliphatic heterocycles. The zero-order chi connectivity index (χ0) is 7.94. The van der Waals surface area contributed by atoms with Crippen LogP contribution in [0.4, 0.5) is 0 Å². The normalized spacial score (nSPS) is 9.91. The third-order valence-corrected chi connectivity index (χ3v) is 1.51. The van der Waals surface area contributed by atoms with Gasteiger partial charge in [-0.2, -0.15) is 0 Å². The highest BCUT2D eigenvalue weighted by atomic mass is 14.6. The van der Waals surface area contributed by atoms with Crippen molar-refractivity contribution in [2.24, 2.45) is 0 Å². The zero-order valence-electron chi connectivity index (χ0n) is 6.83. The van der Waals surface area contributed by atoms with Crippen molar-refractivity contribution < 1.29 is 0 Å². The first-order valence-electron chi connectivity index (χ1n) is 3.98. The Morgan fingerprint density at radius 3 is 2.73 bits per heavy atom. The Labute approximate surface area is 68.5 Å². The molecule has 0 unspecified atom stereocenters. The molecule has 1 rings (SSSR count). The number of rotatable bonds is 4. The van der Waals surface area contributed by atoms with Gasteiger partial charge in [0.15, 0.2) is 0 Å². The van der Waals surface area contributed by atoms with E-state index in [0.717, 1.165) is 12.8 Å². The first-order chi connectivity index (χ1) is 5.43. The molecule has 0 N–H and O–H groups in total. The SMILES string of the molecule is CC[CH]C[CH]c1ccncc1. The van der Waals surface area contributed by atoms with E-state index in [0.29, 0.717) is 0 Å². The quantitative estimate of drug-likeness (QED) is 0.596. The average Bonchev–Trinajstić information content (AvgIpc) is 2.07. The van der Waals surface area contributed by atoms with Crippen molar-refractivity contribution in [3.8, 4) is 0 Å². The molecule has 0 bridgehead atoms. The highest BCUT2D eigenvalue weighted by Crippen LogP contribution is 2.05. The van der Waals surface area contributed by atoms with Gasteiger partial charge in [0, 0.05) is 12.4 Å². The molecule has 1 nitrogen and oxygen atoms in total. The minimum atomic E-state index is 1.06. The van der Waals surface area contributed by atoms with Crippen LogP contribution >= 0.6 is 0 Å². The molecule has 1 aromatic rings. The average molecular weight is 147 g/mol. The molecule has 11 heavy (non-hydrogen) atoms. The monoisotopic (exact) mass is 147 g/mol. The lowest BCUT2D eigenvalue weighted by Crippen LogP contribution is -1.82. The molecule has 1 aromatic heterocycles. The summed E-state index contributed by atoms with van der Waals surface area (Å²) < 4.78 is 0. The standard InChI is InChI=1S/C10H13N/c1-2-3-4-5-10-6-8-11-9-7-10/h3,5-9H,2,4H2,1H3. The molecule has 0 saturated carbocycles. The van der Waals surface area contributed by atoms with Crippen molar-refractivity contribution in [1.82, 2.24) is 4.98 Å². The van der Waals surface area contributed by atoms with Crippen molar-refractivity contribution in [2.45, 2.75) is 19.8 Å². The van der Waals surface area contributed by atoms with Crippen LogP contribution in [0.1, 0.15) is 25.3 Å². The van der Waals surface area contributed by atoms with Gasteiger partial charge in [0.2, 0.25) is 0 Å². The second kappa shape index (κ2) is 4.89. The minimum absolute atomic E-state index is 1.06. The van der Waals surface area contributed by atoms with E-state index in [1.54, 1.807) is 0 Å². The zero-order valence-corrected chi connectivity index (χ0v) is 6.83. The fourth-order valence-corrected chi connectivity index (χ4v) is 0.886. The van der Waals surface area contributed by atoms with Gasteiger partial charge in [0.05, 0.1) is 0 Å². The van der Waals surface area contributed by atoms with Crippen molar-refractivity contribution in [2.75, 3.05) is 0 Å². The summed E-state index contributed by atoms with van der Waals surface area (Å²) in [6.07, 6.45) is 10.3. The third-order valence-electron chi connectivity index (χ3n) is 1.51. The molecule has 1 heteroatoms. The molecule has 0 atom stereocenters. The van der Waals surface area contributed by atoms with Crippen LogP contribution in [0.2, 0.25) is 0 Å². The molecule has 0 amide bonds. The van der Waals surface area contributed by atoms with Gasteiger partial charge in [-0.1, -0.05) is 13.3 Å². The van der Waals surface area contributed by atoms with Crippen LogP contribution in [0.3, 0.4) is 0 Å². The lowest BCUT2D eigenvalue weighted by atomic mass is 10.1. The van der Waals surface area contributed by atoms with E-state index >= 15 is 0 Å². The Balaban J connectivity index is 2.28. The maximum absolute atomic E-state index is 3.94. The largest absolute Gasteiger partial charge is 0.265 e.